The summed E-state index contributed by atoms with van der Waals surface area (Å²) in [6, 6.07) is 7.49. The predicted octanol–water partition coefficient (Wildman–Crippen LogP) is 2.52. The minimum Gasteiger partial charge on any atom is -0.465 e. The van der Waals surface area contributed by atoms with Crippen molar-refractivity contribution in [3.8, 4) is 0 Å². The van der Waals surface area contributed by atoms with Gasteiger partial charge in [-0.3, -0.25) is 9.79 Å². The predicted molar refractivity (Wildman–Crippen MR) is 107 cm³/mol. The summed E-state index contributed by atoms with van der Waals surface area (Å²) in [5.74, 6) is -0.0833. The van der Waals surface area contributed by atoms with Crippen LogP contribution in [0.25, 0.3) is 0 Å². The Bertz CT molecular complexity index is 937. The minimum absolute atomic E-state index is 0.212. The van der Waals surface area contributed by atoms with E-state index in [4.69, 9.17) is 4.74 Å². The van der Waals surface area contributed by atoms with Gasteiger partial charge >= 0.3 is 5.97 Å². The maximum Gasteiger partial charge on any atom is 0.337 e. The van der Waals surface area contributed by atoms with Crippen LogP contribution in [0.3, 0.4) is 0 Å². The number of hydrogen-bond donors (Lipinski definition) is 0. The number of piperidine rings is 1. The first-order valence-electron chi connectivity index (χ1n) is 8.54. The molecule has 2 aromatic rings. The minimum atomic E-state index is -0.340. The van der Waals surface area contributed by atoms with Gasteiger partial charge in [0.15, 0.2) is 0 Å². The lowest BCUT2D eigenvalue weighted by atomic mass is 9.89. The average molecular weight is 433 g/mol. The van der Waals surface area contributed by atoms with Crippen molar-refractivity contribution in [1.29, 1.82) is 0 Å². The van der Waals surface area contributed by atoms with Gasteiger partial charge in [0.2, 0.25) is 0 Å². The number of likely N-dealkylation sites (N-methyl/N-ethyl adjacent to an activating group) is 1. The molecular formula is C19H21BrN4O3. The molecule has 1 aromatic heterocycles. The molecule has 1 aliphatic rings. The third-order valence-corrected chi connectivity index (χ3v) is 5.35. The number of halogens is 1. The lowest BCUT2D eigenvalue weighted by Gasteiger charge is -2.31. The summed E-state index contributed by atoms with van der Waals surface area (Å²) in [5.41, 5.74) is 3.00. The van der Waals surface area contributed by atoms with Gasteiger partial charge in [-0.1, -0.05) is 12.1 Å². The monoisotopic (exact) mass is 432 g/mol. The highest BCUT2D eigenvalue weighted by Gasteiger charge is 2.24. The Hall–Kier alpha value is -2.32. The second-order valence-electron chi connectivity index (χ2n) is 6.66. The molecule has 0 aliphatic carbocycles. The van der Waals surface area contributed by atoms with E-state index in [9.17, 15) is 9.59 Å². The summed E-state index contributed by atoms with van der Waals surface area (Å²) >= 11 is 3.32. The molecule has 1 saturated heterocycles. The number of methoxy groups -OCH3 is 1. The SMILES string of the molecule is COC(=O)c1ccc([C@@H]2CC(=Nc3cnn(C)c(=O)c3Br)CN(C)C2)cc1. The molecule has 7 nitrogen and oxygen atoms in total. The molecule has 1 atom stereocenters. The molecular weight excluding hydrogens is 412 g/mol. The molecule has 3 rings (SSSR count). The highest BCUT2D eigenvalue weighted by atomic mass is 79.9. The van der Waals surface area contributed by atoms with Gasteiger partial charge in [-0.15, -0.1) is 0 Å². The first kappa shape index (κ1) is 19.4. The Kier molecular flexibility index (Phi) is 5.86. The Balaban J connectivity index is 1.85. The Labute approximate surface area is 165 Å². The van der Waals surface area contributed by atoms with Crippen LogP contribution < -0.4 is 5.56 Å². The van der Waals surface area contributed by atoms with Crippen LogP contribution >= 0.6 is 15.9 Å². The van der Waals surface area contributed by atoms with Gasteiger partial charge in [0.1, 0.15) is 10.2 Å². The molecule has 2 heterocycles. The van der Waals surface area contributed by atoms with Crippen LogP contribution in [0.4, 0.5) is 5.69 Å². The number of nitrogens with zero attached hydrogens (tertiary/aromatic N) is 4. The molecule has 0 spiro atoms. The van der Waals surface area contributed by atoms with Gasteiger partial charge in [-0.2, -0.15) is 5.10 Å². The van der Waals surface area contributed by atoms with Crippen molar-refractivity contribution in [3.63, 3.8) is 0 Å². The first-order chi connectivity index (χ1) is 12.9. The molecule has 1 fully saturated rings. The van der Waals surface area contributed by atoms with Crippen LogP contribution in [0.5, 0.6) is 0 Å². The summed E-state index contributed by atoms with van der Waals surface area (Å²) < 4.78 is 6.43. The Morgan fingerprint density at radius 1 is 1.30 bits per heavy atom. The van der Waals surface area contributed by atoms with E-state index in [0.29, 0.717) is 15.7 Å². The van der Waals surface area contributed by atoms with Crippen molar-refractivity contribution in [3.05, 3.63) is 56.4 Å². The van der Waals surface area contributed by atoms with E-state index in [-0.39, 0.29) is 17.4 Å². The zero-order valence-electron chi connectivity index (χ0n) is 15.5. The normalized spacial score (nSPS) is 19.3. The third-order valence-electron chi connectivity index (χ3n) is 4.61. The van der Waals surface area contributed by atoms with Crippen molar-refractivity contribution in [2.24, 2.45) is 12.0 Å². The van der Waals surface area contributed by atoms with Crippen LogP contribution in [0.15, 0.2) is 44.7 Å². The van der Waals surface area contributed by atoms with Crippen molar-refractivity contribution in [2.45, 2.75) is 12.3 Å². The molecule has 8 heteroatoms. The van der Waals surface area contributed by atoms with E-state index < -0.39 is 0 Å². The second-order valence-corrected chi connectivity index (χ2v) is 7.45. The molecule has 0 N–H and O–H groups in total. The Morgan fingerprint density at radius 3 is 2.67 bits per heavy atom. The summed E-state index contributed by atoms with van der Waals surface area (Å²) in [6.45, 7) is 1.63. The van der Waals surface area contributed by atoms with E-state index in [2.05, 4.69) is 30.9 Å². The molecule has 0 unspecified atom stereocenters. The highest BCUT2D eigenvalue weighted by molar-refractivity contribution is 9.10. The lowest BCUT2D eigenvalue weighted by Crippen LogP contribution is -2.37. The lowest BCUT2D eigenvalue weighted by molar-refractivity contribution is 0.0600. The van der Waals surface area contributed by atoms with Gasteiger partial charge in [-0.25, -0.2) is 9.48 Å². The molecule has 0 bridgehead atoms. The van der Waals surface area contributed by atoms with Crippen molar-refractivity contribution in [2.75, 3.05) is 27.2 Å². The maximum absolute atomic E-state index is 12.0. The number of esters is 1. The van der Waals surface area contributed by atoms with Crippen LogP contribution in [0.1, 0.15) is 28.3 Å². The zero-order valence-corrected chi connectivity index (χ0v) is 17.1. The fourth-order valence-electron chi connectivity index (χ4n) is 3.23. The topological polar surface area (TPSA) is 76.8 Å². The second kappa shape index (κ2) is 8.14. The Morgan fingerprint density at radius 2 is 2.00 bits per heavy atom. The van der Waals surface area contributed by atoms with E-state index in [1.165, 1.54) is 11.8 Å². The van der Waals surface area contributed by atoms with E-state index >= 15 is 0 Å². The molecule has 0 saturated carbocycles. The number of aromatic nitrogens is 2. The average Bonchev–Trinajstić information content (AvgIpc) is 2.67. The number of aryl methyl sites for hydroxylation is 1. The highest BCUT2D eigenvalue weighted by Crippen LogP contribution is 2.28. The van der Waals surface area contributed by atoms with Crippen LogP contribution in [-0.2, 0) is 11.8 Å². The van der Waals surface area contributed by atoms with Gasteiger partial charge in [-0.05, 0) is 47.1 Å². The van der Waals surface area contributed by atoms with Crippen LogP contribution in [0.2, 0.25) is 0 Å². The van der Waals surface area contributed by atoms with Gasteiger partial charge in [0, 0.05) is 31.8 Å². The van der Waals surface area contributed by atoms with Crippen LogP contribution in [-0.4, -0.2) is 53.6 Å². The molecule has 27 heavy (non-hydrogen) atoms. The largest absolute Gasteiger partial charge is 0.465 e. The number of rotatable bonds is 3. The van der Waals surface area contributed by atoms with Gasteiger partial charge < -0.3 is 9.64 Å². The molecule has 0 radical (unpaired) electrons. The molecule has 1 aromatic carbocycles. The summed E-state index contributed by atoms with van der Waals surface area (Å²) in [7, 11) is 5.02. The standard InChI is InChI=1S/C19H21BrN4O3/c1-23-10-14(12-4-6-13(7-5-12)19(26)27-3)8-15(11-23)22-16-9-21-24(2)18(25)17(16)20/h4-7,9,14H,8,10-11H2,1-3H3/t14-/m1/s1. The molecule has 142 valence electrons. The van der Waals surface area contributed by atoms with Crippen molar-refractivity contribution < 1.29 is 9.53 Å². The van der Waals surface area contributed by atoms with E-state index in [1.807, 2.05) is 19.2 Å². The van der Waals surface area contributed by atoms with E-state index in [0.717, 1.165) is 30.8 Å². The van der Waals surface area contributed by atoms with Crippen molar-refractivity contribution >= 4 is 33.3 Å². The number of carbonyl (C=O) groups is 1. The fourth-order valence-corrected chi connectivity index (χ4v) is 3.68. The van der Waals surface area contributed by atoms with Crippen molar-refractivity contribution in [1.82, 2.24) is 14.7 Å². The van der Waals surface area contributed by atoms with Gasteiger partial charge in [0.25, 0.3) is 5.56 Å². The number of likely N-dealkylation sites (tertiary alicyclic amines) is 1. The summed E-state index contributed by atoms with van der Waals surface area (Å²) in [6.07, 6.45) is 2.37. The number of hydrogen-bond acceptors (Lipinski definition) is 6. The first-order valence-corrected chi connectivity index (χ1v) is 9.33. The molecule has 1 aliphatic heterocycles. The summed E-state index contributed by atoms with van der Waals surface area (Å²) in [4.78, 5) is 30.5. The maximum atomic E-state index is 12.0. The smallest absolute Gasteiger partial charge is 0.337 e. The molecule has 0 amide bonds. The quantitative estimate of drug-likeness (QED) is 0.696. The number of ether oxygens (including phenoxy) is 1. The van der Waals surface area contributed by atoms with Gasteiger partial charge in [0.05, 0.1) is 18.9 Å². The van der Waals surface area contributed by atoms with E-state index in [1.54, 1.807) is 25.4 Å². The van der Waals surface area contributed by atoms with Crippen LogP contribution in [0, 0.1) is 0 Å². The number of benzene rings is 1. The zero-order chi connectivity index (χ0) is 19.6. The number of aliphatic imine (C=N–C) groups is 1. The third kappa shape index (κ3) is 4.33. The fraction of sp³-hybridized carbons (Fsp3) is 0.368. The number of carbonyl (C=O) groups excluding carboxylic acids is 1. The summed E-state index contributed by atoms with van der Waals surface area (Å²) in [5, 5.41) is 4.05.